The molecule has 7 heteroatoms. The van der Waals surface area contributed by atoms with Crippen LogP contribution in [0.15, 0.2) is 24.3 Å². The zero-order valence-electron chi connectivity index (χ0n) is 10.9. The molecule has 1 aromatic rings. The van der Waals surface area contributed by atoms with Gasteiger partial charge in [0.15, 0.2) is 0 Å². The quantitative estimate of drug-likeness (QED) is 0.843. The number of ether oxygens (including phenoxy) is 1. The van der Waals surface area contributed by atoms with Crippen LogP contribution in [0.4, 0.5) is 18.9 Å². The van der Waals surface area contributed by atoms with Crippen LogP contribution in [0.2, 0.25) is 0 Å². The maximum Gasteiger partial charge on any atom is 0.573 e. The van der Waals surface area contributed by atoms with Crippen molar-refractivity contribution in [2.75, 3.05) is 11.4 Å². The number of amides is 1. The van der Waals surface area contributed by atoms with Crippen LogP contribution in [0.1, 0.15) is 12.8 Å². The van der Waals surface area contributed by atoms with Gasteiger partial charge in [0.2, 0.25) is 5.91 Å². The van der Waals surface area contributed by atoms with Crippen LogP contribution in [0.5, 0.6) is 5.75 Å². The van der Waals surface area contributed by atoms with E-state index in [1.807, 2.05) is 0 Å². The molecular weight excluding hydrogens is 287 g/mol. The highest BCUT2D eigenvalue weighted by molar-refractivity contribution is 6.02. The van der Waals surface area contributed by atoms with Gasteiger partial charge in [-0.25, -0.2) is 0 Å². The summed E-state index contributed by atoms with van der Waals surface area (Å²) < 4.78 is 40.0. The number of carbonyl (C=O) groups excluding carboxylic acids is 2. The Morgan fingerprint density at radius 3 is 2.33 bits per heavy atom. The smallest absolute Gasteiger partial charge is 0.406 e. The van der Waals surface area contributed by atoms with Crippen LogP contribution < -0.4 is 9.64 Å². The highest BCUT2D eigenvalue weighted by Crippen LogP contribution is 2.39. The molecule has 0 bridgehead atoms. The van der Waals surface area contributed by atoms with Crippen molar-refractivity contribution in [3.8, 4) is 5.75 Å². The number of nitrogens with zero attached hydrogens (tertiary/aromatic N) is 1. The molecular formula is C14H12F3NO3. The van der Waals surface area contributed by atoms with Crippen molar-refractivity contribution in [3.05, 3.63) is 24.3 Å². The van der Waals surface area contributed by atoms with Crippen LogP contribution in [0, 0.1) is 11.8 Å². The van der Waals surface area contributed by atoms with Crippen LogP contribution in [-0.4, -0.2) is 24.6 Å². The normalized spacial score (nSPS) is 25.4. The number of hydrogen-bond donors (Lipinski definition) is 0. The van der Waals surface area contributed by atoms with Crippen molar-refractivity contribution in [2.45, 2.75) is 19.2 Å². The fourth-order valence-corrected chi connectivity index (χ4v) is 3.00. The topological polar surface area (TPSA) is 46.6 Å². The monoisotopic (exact) mass is 299 g/mol. The van der Waals surface area contributed by atoms with Gasteiger partial charge in [0.05, 0.1) is 5.92 Å². The third-order valence-electron chi connectivity index (χ3n) is 3.89. The second-order valence-corrected chi connectivity index (χ2v) is 5.30. The van der Waals surface area contributed by atoms with Gasteiger partial charge >= 0.3 is 6.36 Å². The summed E-state index contributed by atoms with van der Waals surface area (Å²) >= 11 is 0. The Hall–Kier alpha value is -2.05. The van der Waals surface area contributed by atoms with E-state index in [2.05, 4.69) is 4.74 Å². The molecule has 0 aromatic heterocycles. The average Bonchev–Trinajstić information content (AvgIpc) is 2.87. The van der Waals surface area contributed by atoms with E-state index in [1.165, 1.54) is 29.2 Å². The Labute approximate surface area is 118 Å². The molecule has 1 saturated carbocycles. The van der Waals surface area contributed by atoms with Gasteiger partial charge in [0.25, 0.3) is 0 Å². The number of benzene rings is 1. The summed E-state index contributed by atoms with van der Waals surface area (Å²) in [5.74, 6) is -0.602. The summed E-state index contributed by atoms with van der Waals surface area (Å²) in [6, 6.07) is 5.19. The van der Waals surface area contributed by atoms with Crippen molar-refractivity contribution >= 4 is 17.4 Å². The third kappa shape index (κ3) is 2.72. The second kappa shape index (κ2) is 4.75. The lowest BCUT2D eigenvalue weighted by atomic mass is 10.0. The molecule has 1 amide bonds. The average molecular weight is 299 g/mol. The summed E-state index contributed by atoms with van der Waals surface area (Å²) in [6.07, 6.45) is -4.06. The van der Waals surface area contributed by atoms with Gasteiger partial charge in [-0.05, 0) is 30.2 Å². The number of ketones is 1. The maximum atomic E-state index is 12.2. The van der Waals surface area contributed by atoms with E-state index in [4.69, 9.17) is 0 Å². The number of hydrogen-bond acceptors (Lipinski definition) is 3. The molecule has 1 saturated heterocycles. The van der Waals surface area contributed by atoms with E-state index < -0.39 is 6.36 Å². The van der Waals surface area contributed by atoms with Crippen molar-refractivity contribution in [2.24, 2.45) is 11.8 Å². The number of carbonyl (C=O) groups is 2. The molecule has 1 heterocycles. The number of anilines is 1. The molecule has 2 aliphatic rings. The van der Waals surface area contributed by atoms with Gasteiger partial charge in [-0.1, -0.05) is 0 Å². The lowest BCUT2D eigenvalue weighted by molar-refractivity contribution is -0.274. The van der Waals surface area contributed by atoms with Crippen molar-refractivity contribution < 1.29 is 27.5 Å². The molecule has 1 aliphatic heterocycles. The number of alkyl halides is 3. The fourth-order valence-electron chi connectivity index (χ4n) is 3.00. The molecule has 112 valence electrons. The first-order chi connectivity index (χ1) is 9.83. The molecule has 21 heavy (non-hydrogen) atoms. The molecule has 1 aliphatic carbocycles. The zero-order valence-corrected chi connectivity index (χ0v) is 10.9. The molecule has 4 nitrogen and oxygen atoms in total. The summed E-state index contributed by atoms with van der Waals surface area (Å²) in [6.45, 7) is 0.439. The molecule has 2 atom stereocenters. The maximum absolute atomic E-state index is 12.2. The first-order valence-corrected chi connectivity index (χ1v) is 6.52. The summed E-state index contributed by atoms with van der Waals surface area (Å²) in [5.41, 5.74) is 0.524. The number of rotatable bonds is 2. The Balaban J connectivity index is 1.74. The lowest BCUT2D eigenvalue weighted by Crippen LogP contribution is -2.27. The molecule has 1 aromatic carbocycles. The number of fused-ring (bicyclic) bond motifs is 1. The summed E-state index contributed by atoms with van der Waals surface area (Å²) in [5, 5.41) is 0. The first kappa shape index (κ1) is 13.9. The van der Waals surface area contributed by atoms with Crippen molar-refractivity contribution in [1.82, 2.24) is 0 Å². The highest BCUT2D eigenvalue weighted by atomic mass is 19.4. The van der Waals surface area contributed by atoms with E-state index in [1.54, 1.807) is 0 Å². The van der Waals surface area contributed by atoms with Crippen molar-refractivity contribution in [3.63, 3.8) is 0 Å². The molecule has 0 radical (unpaired) electrons. The summed E-state index contributed by atoms with van der Waals surface area (Å²) in [7, 11) is 0. The van der Waals surface area contributed by atoms with Gasteiger partial charge in [-0.15, -0.1) is 13.2 Å². The first-order valence-electron chi connectivity index (χ1n) is 6.52. The van der Waals surface area contributed by atoms with Gasteiger partial charge < -0.3 is 9.64 Å². The van der Waals surface area contributed by atoms with E-state index in [0.29, 0.717) is 18.7 Å². The minimum absolute atomic E-state index is 0.0242. The molecule has 0 N–H and O–H groups in total. The Bertz CT molecular complexity index is 582. The van der Waals surface area contributed by atoms with Crippen LogP contribution >= 0.6 is 0 Å². The van der Waals surface area contributed by atoms with Gasteiger partial charge in [-0.3, -0.25) is 9.59 Å². The third-order valence-corrected chi connectivity index (χ3v) is 3.89. The van der Waals surface area contributed by atoms with E-state index in [-0.39, 0.29) is 35.7 Å². The van der Waals surface area contributed by atoms with Crippen molar-refractivity contribution in [1.29, 1.82) is 0 Å². The zero-order chi connectivity index (χ0) is 15.2. The highest BCUT2D eigenvalue weighted by Gasteiger charge is 2.46. The van der Waals surface area contributed by atoms with E-state index in [0.717, 1.165) is 0 Å². The van der Waals surface area contributed by atoms with Crippen LogP contribution in [0.3, 0.4) is 0 Å². The Morgan fingerprint density at radius 2 is 1.76 bits per heavy atom. The van der Waals surface area contributed by atoms with Gasteiger partial charge in [0, 0.05) is 25.1 Å². The minimum Gasteiger partial charge on any atom is -0.406 e. The Morgan fingerprint density at radius 1 is 1.10 bits per heavy atom. The largest absolute Gasteiger partial charge is 0.573 e. The van der Waals surface area contributed by atoms with Crippen LogP contribution in [0.25, 0.3) is 0 Å². The van der Waals surface area contributed by atoms with E-state index in [9.17, 15) is 22.8 Å². The molecule has 2 fully saturated rings. The standard InChI is InChI=1S/C14H12F3NO3/c15-14(16,17)21-11-3-1-9(2-4-11)18-7-8-5-10(19)6-12(8)13(18)20/h1-4,8,12H,5-7H2/t8-,12?/m0/s1. The molecule has 3 rings (SSSR count). The lowest BCUT2D eigenvalue weighted by Gasteiger charge is -2.18. The van der Waals surface area contributed by atoms with E-state index >= 15 is 0 Å². The second-order valence-electron chi connectivity index (χ2n) is 5.30. The predicted molar refractivity (Wildman–Crippen MR) is 66.7 cm³/mol. The minimum atomic E-state index is -4.73. The predicted octanol–water partition coefficient (Wildman–Crippen LogP) is 2.53. The van der Waals surface area contributed by atoms with Gasteiger partial charge in [0.1, 0.15) is 11.5 Å². The van der Waals surface area contributed by atoms with Crippen LogP contribution in [-0.2, 0) is 9.59 Å². The Kier molecular flexibility index (Phi) is 3.15. The number of halogens is 3. The SMILES string of the molecule is O=C1CC2C(=O)N(c3ccc(OC(F)(F)F)cc3)C[C@@H]2C1. The molecule has 1 unspecified atom stereocenters. The van der Waals surface area contributed by atoms with Gasteiger partial charge in [-0.2, -0.15) is 0 Å². The summed E-state index contributed by atoms with van der Waals surface area (Å²) in [4.78, 5) is 25.1. The fraction of sp³-hybridized carbons (Fsp3) is 0.429. The molecule has 0 spiro atoms. The number of Topliss-reactive ketones (excluding diaryl/α,β-unsaturated/α-hetero) is 1.